The van der Waals surface area contributed by atoms with Crippen molar-refractivity contribution in [2.24, 2.45) is 11.8 Å². The second-order valence-electron chi connectivity index (χ2n) is 5.32. The summed E-state index contributed by atoms with van der Waals surface area (Å²) >= 11 is 0. The van der Waals surface area contributed by atoms with Gasteiger partial charge in [-0.3, -0.25) is 33.3 Å². The summed E-state index contributed by atoms with van der Waals surface area (Å²) in [5, 5.41) is 53.6. The Bertz CT molecular complexity index is 655. The zero-order valence-electron chi connectivity index (χ0n) is 13.2. The van der Waals surface area contributed by atoms with E-state index in [1.807, 2.05) is 0 Å². The zero-order chi connectivity index (χ0) is 21.7. The average Bonchev–Trinajstić information content (AvgIpc) is 2.43. The van der Waals surface area contributed by atoms with E-state index in [0.29, 0.717) is 0 Å². The number of hydrogen-bond acceptors (Lipinski definition) is 7. The molecule has 0 aromatic carbocycles. The van der Waals surface area contributed by atoms with Gasteiger partial charge in [0.15, 0.2) is 0 Å². The van der Waals surface area contributed by atoms with Crippen molar-refractivity contribution < 1.29 is 68.9 Å². The van der Waals surface area contributed by atoms with Crippen LogP contribution in [0.2, 0.25) is 0 Å². The van der Waals surface area contributed by atoms with E-state index in [4.69, 9.17) is 30.6 Å². The van der Waals surface area contributed by atoms with E-state index in [9.17, 15) is 38.2 Å². The first-order chi connectivity index (χ1) is 12.1. The van der Waals surface area contributed by atoms with Gasteiger partial charge in [-0.25, -0.2) is 0 Å². The maximum Gasteiger partial charge on any atom is 0.317 e. The topological polar surface area (TPSA) is 261 Å². The summed E-state index contributed by atoms with van der Waals surface area (Å²) in [5.41, 5.74) is -6.02. The van der Waals surface area contributed by atoms with Crippen molar-refractivity contribution in [1.82, 2.24) is 0 Å². The first-order valence-corrected chi connectivity index (χ1v) is 8.61. The lowest BCUT2D eigenvalue weighted by molar-refractivity contribution is -0.153. The summed E-state index contributed by atoms with van der Waals surface area (Å²) in [4.78, 5) is 76.7. The predicted molar refractivity (Wildman–Crippen MR) is 79.4 cm³/mol. The summed E-state index contributed by atoms with van der Waals surface area (Å²) in [6.45, 7) is 0. The molecule has 4 unspecified atom stereocenters. The van der Waals surface area contributed by atoms with Crippen molar-refractivity contribution in [2.75, 3.05) is 0 Å². The molecular weight excluding hydrogens is 399 g/mol. The smallest absolute Gasteiger partial charge is 0.317 e. The number of carbonyl (C=O) groups is 6. The molecule has 0 rings (SSSR count). The Hall–Kier alpha value is -2.99. The summed E-state index contributed by atoms with van der Waals surface area (Å²) in [6.07, 6.45) is -2.97. The first kappa shape index (κ1) is 24.0. The fourth-order valence-corrected chi connectivity index (χ4v) is 4.87. The molecule has 14 nitrogen and oxygen atoms in total. The molecule has 0 saturated carbocycles. The third-order valence-electron chi connectivity index (χ3n) is 3.49. The molecule has 15 heteroatoms. The van der Waals surface area contributed by atoms with Crippen LogP contribution in [0.15, 0.2) is 0 Å². The Labute approximate surface area is 149 Å². The van der Waals surface area contributed by atoms with Crippen molar-refractivity contribution in [1.29, 1.82) is 0 Å². The van der Waals surface area contributed by atoms with Crippen LogP contribution in [0.25, 0.3) is 0 Å². The molecule has 0 aromatic rings. The average molecular weight is 414 g/mol. The van der Waals surface area contributed by atoms with Gasteiger partial charge in [-0.2, -0.15) is 0 Å². The molecule has 0 aliphatic rings. The van der Waals surface area contributed by atoms with Gasteiger partial charge in [0.25, 0.3) is 0 Å². The molecule has 0 amide bonds. The minimum atomic E-state index is -5.84. The van der Waals surface area contributed by atoms with Crippen LogP contribution in [0.1, 0.15) is 12.8 Å². The highest BCUT2D eigenvalue weighted by molar-refractivity contribution is 7.61. The van der Waals surface area contributed by atoms with Crippen molar-refractivity contribution >= 4 is 43.2 Å². The highest BCUT2D eigenvalue weighted by Crippen LogP contribution is 2.57. The van der Waals surface area contributed by atoms with Crippen LogP contribution in [0.5, 0.6) is 0 Å². The van der Waals surface area contributed by atoms with Gasteiger partial charge in [0.2, 0.25) is 7.37 Å². The maximum atomic E-state index is 12.6. The van der Waals surface area contributed by atoms with Gasteiger partial charge in [-0.1, -0.05) is 0 Å². The lowest BCUT2D eigenvalue weighted by Crippen LogP contribution is -2.44. The van der Waals surface area contributed by atoms with E-state index in [-0.39, 0.29) is 0 Å². The van der Waals surface area contributed by atoms with E-state index < -0.39 is 79.2 Å². The molecule has 0 heterocycles. The SMILES string of the molecule is O=C(O)CC(C(=O)O)C(C(=O)O)P(=O)(O)C(C(=O)O)C(CC(=O)O)C(=O)O. The van der Waals surface area contributed by atoms with Crippen LogP contribution < -0.4 is 0 Å². The number of carboxylic acid groups (broad SMARTS) is 6. The van der Waals surface area contributed by atoms with Crippen molar-refractivity contribution in [3.8, 4) is 0 Å². The van der Waals surface area contributed by atoms with Crippen LogP contribution in [0.4, 0.5) is 0 Å². The molecule has 0 saturated heterocycles. The van der Waals surface area contributed by atoms with Gasteiger partial charge >= 0.3 is 35.8 Å². The molecule has 0 aromatic heterocycles. The van der Waals surface area contributed by atoms with E-state index >= 15 is 0 Å². The van der Waals surface area contributed by atoms with Gasteiger partial charge in [0, 0.05) is 0 Å². The Kier molecular flexibility index (Phi) is 8.09. The Morgan fingerprint density at radius 2 is 0.852 bits per heavy atom. The van der Waals surface area contributed by atoms with Crippen molar-refractivity contribution in [3.05, 3.63) is 0 Å². The van der Waals surface area contributed by atoms with Crippen molar-refractivity contribution in [3.63, 3.8) is 0 Å². The first-order valence-electron chi connectivity index (χ1n) is 6.81. The molecule has 0 bridgehead atoms. The Morgan fingerprint density at radius 1 is 0.593 bits per heavy atom. The van der Waals surface area contributed by atoms with Crippen LogP contribution >= 0.6 is 7.37 Å². The predicted octanol–water partition coefficient (Wildman–Crippen LogP) is -1.49. The summed E-state index contributed by atoms with van der Waals surface area (Å²) < 4.78 is 12.6. The lowest BCUT2D eigenvalue weighted by atomic mass is 10.0. The van der Waals surface area contributed by atoms with E-state index in [1.165, 1.54) is 0 Å². The molecule has 152 valence electrons. The monoisotopic (exact) mass is 414 g/mol. The fraction of sp³-hybridized carbons (Fsp3) is 0.500. The molecule has 0 aliphatic carbocycles. The molecule has 4 atom stereocenters. The van der Waals surface area contributed by atoms with Crippen molar-refractivity contribution in [2.45, 2.75) is 24.2 Å². The largest absolute Gasteiger partial charge is 0.481 e. The lowest BCUT2D eigenvalue weighted by Gasteiger charge is -2.30. The highest BCUT2D eigenvalue weighted by Gasteiger charge is 2.57. The minimum Gasteiger partial charge on any atom is -0.481 e. The molecular formula is C12H15O14P. The normalized spacial score (nSPS) is 17.5. The van der Waals surface area contributed by atoms with Crippen LogP contribution in [-0.4, -0.2) is 82.7 Å². The quantitative estimate of drug-likeness (QED) is 0.179. The molecule has 0 radical (unpaired) electrons. The molecule has 0 fully saturated rings. The van der Waals surface area contributed by atoms with Gasteiger partial charge < -0.3 is 35.5 Å². The number of aliphatic carboxylic acids is 6. The summed E-state index contributed by atoms with van der Waals surface area (Å²) in [5.74, 6) is -18.0. The standard InChI is InChI=1S/C12H15O14P/c13-5(14)1-3(9(17)18)7(11(21)22)27(25,26)8(12(23)24)4(10(19)20)2-6(15)16/h3-4,7-8H,1-2H2,(H,13,14)(H,15,16)(H,17,18)(H,19,20)(H,21,22)(H,23,24)(H,25,26). The molecule has 7 N–H and O–H groups in total. The Balaban J connectivity index is 6.51. The highest BCUT2D eigenvalue weighted by atomic mass is 31.2. The van der Waals surface area contributed by atoms with Crippen LogP contribution in [0, 0.1) is 11.8 Å². The molecule has 0 aliphatic heterocycles. The third kappa shape index (κ3) is 6.04. The number of carboxylic acids is 6. The van der Waals surface area contributed by atoms with E-state index in [1.54, 1.807) is 0 Å². The second-order valence-corrected chi connectivity index (χ2v) is 7.78. The van der Waals surface area contributed by atoms with E-state index in [0.717, 1.165) is 0 Å². The Morgan fingerprint density at radius 3 is 1.00 bits per heavy atom. The summed E-state index contributed by atoms with van der Waals surface area (Å²) in [6, 6.07) is 0. The van der Waals surface area contributed by atoms with E-state index in [2.05, 4.69) is 0 Å². The fourth-order valence-electron chi connectivity index (χ4n) is 2.39. The number of rotatable bonds is 12. The van der Waals surface area contributed by atoms with Crippen LogP contribution in [0.3, 0.4) is 0 Å². The summed E-state index contributed by atoms with van der Waals surface area (Å²) in [7, 11) is -5.84. The maximum absolute atomic E-state index is 12.6. The van der Waals surface area contributed by atoms with Gasteiger partial charge in [-0.05, 0) is 0 Å². The second kappa shape index (κ2) is 9.09. The molecule has 0 spiro atoms. The van der Waals surface area contributed by atoms with Gasteiger partial charge in [0.1, 0.15) is 11.3 Å². The van der Waals surface area contributed by atoms with Gasteiger partial charge in [-0.15, -0.1) is 0 Å². The third-order valence-corrected chi connectivity index (χ3v) is 6.24. The minimum absolute atomic E-state index is 1.49. The molecule has 27 heavy (non-hydrogen) atoms. The zero-order valence-corrected chi connectivity index (χ0v) is 14.1. The number of hydrogen-bond donors (Lipinski definition) is 7. The van der Waals surface area contributed by atoms with Crippen LogP contribution in [-0.2, 0) is 33.3 Å². The van der Waals surface area contributed by atoms with Gasteiger partial charge in [0.05, 0.1) is 24.7 Å².